The highest BCUT2D eigenvalue weighted by molar-refractivity contribution is 5.85. The molecule has 0 unspecified atom stereocenters. The fourth-order valence-electron chi connectivity index (χ4n) is 1.73. The lowest BCUT2D eigenvalue weighted by molar-refractivity contribution is 0.288. The van der Waals surface area contributed by atoms with E-state index in [1.807, 2.05) is 7.05 Å². The Balaban J connectivity index is 0.000000980. The standard InChI is InChI=1S/C11H15NO.ClH/c1-12-8-9-4-5-11-10(7-9)3-2-6-13-11;/h4-5,7,12H,2-3,6,8H2,1H3;1H. The first-order chi connectivity index (χ1) is 6.40. The molecule has 14 heavy (non-hydrogen) atoms. The quantitative estimate of drug-likeness (QED) is 0.813. The molecule has 2 rings (SSSR count). The molecule has 2 nitrogen and oxygen atoms in total. The SMILES string of the molecule is CNCc1ccc2c(c1)CCCO2.Cl. The summed E-state index contributed by atoms with van der Waals surface area (Å²) in [5, 5.41) is 3.15. The van der Waals surface area contributed by atoms with Crippen LogP contribution in [0.3, 0.4) is 0 Å². The predicted molar refractivity (Wildman–Crippen MR) is 60.3 cm³/mol. The average Bonchev–Trinajstić information content (AvgIpc) is 2.18. The van der Waals surface area contributed by atoms with Crippen LogP contribution in [-0.2, 0) is 13.0 Å². The van der Waals surface area contributed by atoms with Crippen LogP contribution in [-0.4, -0.2) is 13.7 Å². The minimum Gasteiger partial charge on any atom is -0.493 e. The van der Waals surface area contributed by atoms with E-state index in [2.05, 4.69) is 23.5 Å². The number of fused-ring (bicyclic) bond motifs is 1. The van der Waals surface area contributed by atoms with Gasteiger partial charge >= 0.3 is 0 Å². The van der Waals surface area contributed by atoms with Crippen LogP contribution in [0.5, 0.6) is 5.75 Å². The third-order valence-electron chi connectivity index (χ3n) is 2.35. The largest absolute Gasteiger partial charge is 0.493 e. The Morgan fingerprint density at radius 2 is 2.29 bits per heavy atom. The zero-order chi connectivity index (χ0) is 9.10. The molecular weight excluding hydrogens is 198 g/mol. The third-order valence-corrected chi connectivity index (χ3v) is 2.35. The van der Waals surface area contributed by atoms with E-state index < -0.39 is 0 Å². The molecule has 0 bridgehead atoms. The summed E-state index contributed by atoms with van der Waals surface area (Å²) in [6.45, 7) is 1.81. The van der Waals surface area contributed by atoms with Crippen LogP contribution >= 0.6 is 12.4 Å². The van der Waals surface area contributed by atoms with Gasteiger partial charge in [-0.3, -0.25) is 0 Å². The Kier molecular flexibility index (Phi) is 4.23. The predicted octanol–water partition coefficient (Wildman–Crippen LogP) is 2.15. The van der Waals surface area contributed by atoms with Crippen molar-refractivity contribution in [3.05, 3.63) is 29.3 Å². The Morgan fingerprint density at radius 1 is 1.43 bits per heavy atom. The van der Waals surface area contributed by atoms with E-state index >= 15 is 0 Å². The molecule has 1 heterocycles. The molecule has 1 aliphatic heterocycles. The minimum absolute atomic E-state index is 0. The number of aryl methyl sites for hydroxylation is 1. The molecule has 1 aromatic rings. The zero-order valence-corrected chi connectivity index (χ0v) is 9.19. The maximum Gasteiger partial charge on any atom is 0.122 e. The van der Waals surface area contributed by atoms with Gasteiger partial charge in [0.05, 0.1) is 6.61 Å². The van der Waals surface area contributed by atoms with Crippen LogP contribution < -0.4 is 10.1 Å². The molecule has 0 amide bonds. The van der Waals surface area contributed by atoms with Crippen molar-refractivity contribution in [1.82, 2.24) is 5.32 Å². The van der Waals surface area contributed by atoms with E-state index in [1.165, 1.54) is 11.1 Å². The van der Waals surface area contributed by atoms with Crippen LogP contribution in [0.2, 0.25) is 0 Å². The summed E-state index contributed by atoms with van der Waals surface area (Å²) in [4.78, 5) is 0. The fraction of sp³-hybridized carbons (Fsp3) is 0.455. The van der Waals surface area contributed by atoms with Crippen molar-refractivity contribution in [2.75, 3.05) is 13.7 Å². The summed E-state index contributed by atoms with van der Waals surface area (Å²) in [5.41, 5.74) is 2.70. The molecule has 1 aliphatic rings. The number of hydrogen-bond donors (Lipinski definition) is 1. The molecular formula is C11H16ClNO. The molecule has 1 aromatic carbocycles. The van der Waals surface area contributed by atoms with Gasteiger partial charge in [-0.05, 0) is 37.1 Å². The topological polar surface area (TPSA) is 21.3 Å². The monoisotopic (exact) mass is 213 g/mol. The molecule has 3 heteroatoms. The lowest BCUT2D eigenvalue weighted by Gasteiger charge is -2.17. The lowest BCUT2D eigenvalue weighted by Crippen LogP contribution is -2.10. The third kappa shape index (κ3) is 2.40. The Bertz CT molecular complexity index is 301. The highest BCUT2D eigenvalue weighted by atomic mass is 35.5. The Morgan fingerprint density at radius 3 is 3.07 bits per heavy atom. The summed E-state index contributed by atoms with van der Waals surface area (Å²) in [7, 11) is 1.97. The first-order valence-corrected chi connectivity index (χ1v) is 4.79. The van der Waals surface area contributed by atoms with Crippen LogP contribution in [0, 0.1) is 0 Å². The van der Waals surface area contributed by atoms with Crippen molar-refractivity contribution in [3.8, 4) is 5.75 Å². The molecule has 0 atom stereocenters. The number of benzene rings is 1. The fourth-order valence-corrected chi connectivity index (χ4v) is 1.73. The van der Waals surface area contributed by atoms with Gasteiger partial charge in [0, 0.05) is 6.54 Å². The number of nitrogens with one attached hydrogen (secondary N) is 1. The van der Waals surface area contributed by atoms with E-state index in [0.29, 0.717) is 0 Å². The van der Waals surface area contributed by atoms with Crippen molar-refractivity contribution >= 4 is 12.4 Å². The van der Waals surface area contributed by atoms with Gasteiger partial charge in [0.25, 0.3) is 0 Å². The van der Waals surface area contributed by atoms with Crippen molar-refractivity contribution < 1.29 is 4.74 Å². The molecule has 0 aromatic heterocycles. The van der Waals surface area contributed by atoms with Crippen LogP contribution in [0.1, 0.15) is 17.5 Å². The first kappa shape index (κ1) is 11.3. The van der Waals surface area contributed by atoms with E-state index in [-0.39, 0.29) is 12.4 Å². The second kappa shape index (κ2) is 5.23. The second-order valence-corrected chi connectivity index (χ2v) is 3.42. The molecule has 78 valence electrons. The number of halogens is 1. The van der Waals surface area contributed by atoms with Gasteiger partial charge in [-0.2, -0.15) is 0 Å². The molecule has 1 N–H and O–H groups in total. The highest BCUT2D eigenvalue weighted by Crippen LogP contribution is 2.25. The van der Waals surface area contributed by atoms with Gasteiger partial charge in [-0.1, -0.05) is 12.1 Å². The molecule has 0 fully saturated rings. The van der Waals surface area contributed by atoms with Crippen molar-refractivity contribution in [3.63, 3.8) is 0 Å². The normalized spacial score (nSPS) is 13.8. The van der Waals surface area contributed by atoms with Crippen LogP contribution in [0.25, 0.3) is 0 Å². The molecule has 0 spiro atoms. The van der Waals surface area contributed by atoms with Gasteiger partial charge in [0.1, 0.15) is 5.75 Å². The smallest absolute Gasteiger partial charge is 0.122 e. The van der Waals surface area contributed by atoms with Crippen molar-refractivity contribution in [2.24, 2.45) is 0 Å². The van der Waals surface area contributed by atoms with E-state index in [9.17, 15) is 0 Å². The summed E-state index contributed by atoms with van der Waals surface area (Å²) in [6, 6.07) is 6.45. The molecule has 0 saturated heterocycles. The zero-order valence-electron chi connectivity index (χ0n) is 8.38. The van der Waals surface area contributed by atoms with E-state index in [4.69, 9.17) is 4.74 Å². The van der Waals surface area contributed by atoms with Gasteiger partial charge in [-0.15, -0.1) is 12.4 Å². The second-order valence-electron chi connectivity index (χ2n) is 3.42. The Labute approximate surface area is 91.1 Å². The number of hydrogen-bond acceptors (Lipinski definition) is 2. The minimum atomic E-state index is 0. The van der Waals surface area contributed by atoms with Crippen molar-refractivity contribution in [2.45, 2.75) is 19.4 Å². The van der Waals surface area contributed by atoms with Crippen LogP contribution in [0.15, 0.2) is 18.2 Å². The molecule has 0 aliphatic carbocycles. The summed E-state index contributed by atoms with van der Waals surface area (Å²) in [6.07, 6.45) is 2.31. The van der Waals surface area contributed by atoms with Crippen molar-refractivity contribution in [1.29, 1.82) is 0 Å². The highest BCUT2D eigenvalue weighted by Gasteiger charge is 2.09. The summed E-state index contributed by atoms with van der Waals surface area (Å²) < 4.78 is 5.54. The summed E-state index contributed by atoms with van der Waals surface area (Å²) >= 11 is 0. The number of rotatable bonds is 2. The molecule has 0 radical (unpaired) electrons. The first-order valence-electron chi connectivity index (χ1n) is 4.79. The van der Waals surface area contributed by atoms with E-state index in [0.717, 1.165) is 31.7 Å². The van der Waals surface area contributed by atoms with Crippen LogP contribution in [0.4, 0.5) is 0 Å². The van der Waals surface area contributed by atoms with Gasteiger partial charge in [-0.25, -0.2) is 0 Å². The van der Waals surface area contributed by atoms with E-state index in [1.54, 1.807) is 0 Å². The lowest BCUT2D eigenvalue weighted by atomic mass is 10.0. The maximum atomic E-state index is 5.54. The maximum absolute atomic E-state index is 5.54. The summed E-state index contributed by atoms with van der Waals surface area (Å²) in [5.74, 6) is 1.08. The van der Waals surface area contributed by atoms with Gasteiger partial charge in [0.2, 0.25) is 0 Å². The Hall–Kier alpha value is -0.730. The van der Waals surface area contributed by atoms with Gasteiger partial charge < -0.3 is 10.1 Å². The molecule has 0 saturated carbocycles. The number of ether oxygens (including phenoxy) is 1. The average molecular weight is 214 g/mol. The van der Waals surface area contributed by atoms with Gasteiger partial charge in [0.15, 0.2) is 0 Å².